The predicted molar refractivity (Wildman–Crippen MR) is 162 cm³/mol. The number of hydrogen-bond acceptors (Lipinski definition) is 10. The number of fused-ring (bicyclic) bond motifs is 3. The van der Waals surface area contributed by atoms with Crippen LogP contribution >= 0.6 is 11.6 Å². The number of piperazine rings is 1. The molecule has 14 heteroatoms. The van der Waals surface area contributed by atoms with Gasteiger partial charge in [-0.25, -0.2) is 15.0 Å². The molecular weight excluding hydrogens is 576 g/mol. The van der Waals surface area contributed by atoms with Crippen molar-refractivity contribution in [2.75, 3.05) is 59.3 Å². The fourth-order valence-electron chi connectivity index (χ4n) is 5.21. The van der Waals surface area contributed by atoms with E-state index in [-0.39, 0.29) is 10.7 Å². The first-order chi connectivity index (χ1) is 20.4. The van der Waals surface area contributed by atoms with E-state index in [1.807, 2.05) is 37.3 Å². The number of pyridine rings is 1. The molecule has 0 saturated carbocycles. The van der Waals surface area contributed by atoms with Crippen molar-refractivity contribution in [3.63, 3.8) is 0 Å². The van der Waals surface area contributed by atoms with Crippen LogP contribution in [-0.4, -0.2) is 105 Å². The molecule has 5 rings (SSSR count). The molecule has 1 amide bonds. The number of hydrogen-bond donors (Lipinski definition) is 2. The largest absolute Gasteiger partial charge is 0.497 e. The van der Waals surface area contributed by atoms with Gasteiger partial charge in [0.15, 0.2) is 11.3 Å². The average Bonchev–Trinajstić information content (AvgIpc) is 3.40. The van der Waals surface area contributed by atoms with E-state index in [1.54, 1.807) is 38.4 Å². The van der Waals surface area contributed by atoms with Crippen molar-refractivity contribution >= 4 is 40.3 Å². The highest BCUT2D eigenvalue weighted by molar-refractivity contribution is 6.35. The number of carbonyl (C=O) groups is 1. The van der Waals surface area contributed by atoms with Crippen molar-refractivity contribution in [1.82, 2.24) is 29.5 Å². The number of hydroxylamine groups is 3. The number of nitrogens with zero attached hydrogens (tertiary/aromatic N) is 7. The first-order valence-corrected chi connectivity index (χ1v) is 14.5. The van der Waals surface area contributed by atoms with Gasteiger partial charge in [-0.3, -0.25) is 9.30 Å². The average molecular weight is 614 g/mol. The number of aromatic nitrogens is 5. The van der Waals surface area contributed by atoms with Crippen LogP contribution < -0.4 is 14.8 Å². The van der Waals surface area contributed by atoms with E-state index in [2.05, 4.69) is 20.5 Å². The third-order valence-corrected chi connectivity index (χ3v) is 7.85. The summed E-state index contributed by atoms with van der Waals surface area (Å²) >= 11 is 6.78. The number of amides is 1. The Hall–Kier alpha value is -3.94. The summed E-state index contributed by atoms with van der Waals surface area (Å²) in [4.78, 5) is 23.2. The van der Waals surface area contributed by atoms with Gasteiger partial charge in [0.1, 0.15) is 42.6 Å². The molecule has 0 aliphatic carbocycles. The minimum Gasteiger partial charge on any atom is -0.497 e. The summed E-state index contributed by atoms with van der Waals surface area (Å²) in [6, 6.07) is 5.49. The molecule has 0 unspecified atom stereocenters. The van der Waals surface area contributed by atoms with Crippen LogP contribution in [0.2, 0.25) is 5.02 Å². The molecule has 13 nitrogen and oxygen atoms in total. The molecule has 4 heterocycles. The van der Waals surface area contributed by atoms with Gasteiger partial charge in [-0.15, -0.1) is 10.2 Å². The molecular formula is C29H38ClN8O5+. The van der Waals surface area contributed by atoms with Crippen molar-refractivity contribution in [3.8, 4) is 22.6 Å². The summed E-state index contributed by atoms with van der Waals surface area (Å²) < 4.78 is 18.3. The number of nitrogens with one attached hydrogen (secondary N) is 1. The predicted octanol–water partition coefficient (Wildman–Crippen LogP) is 4.44. The Balaban J connectivity index is 1.43. The molecule has 230 valence electrons. The molecule has 4 aromatic rings. The minimum atomic E-state index is -0.562. The second kappa shape index (κ2) is 12.0. The number of anilines is 1. The first kappa shape index (κ1) is 30.5. The van der Waals surface area contributed by atoms with E-state index in [1.165, 1.54) is 0 Å². The Morgan fingerprint density at radius 1 is 1.09 bits per heavy atom. The third kappa shape index (κ3) is 6.38. The van der Waals surface area contributed by atoms with Crippen molar-refractivity contribution in [2.24, 2.45) is 0 Å². The topological polar surface area (TPSA) is 136 Å². The van der Waals surface area contributed by atoms with Crippen LogP contribution in [0, 0.1) is 0 Å². The molecule has 1 saturated heterocycles. The van der Waals surface area contributed by atoms with Gasteiger partial charge in [0.25, 0.3) is 0 Å². The minimum absolute atomic E-state index is 0.132. The smallest absolute Gasteiger partial charge is 0.410 e. The highest BCUT2D eigenvalue weighted by atomic mass is 35.5. The fourth-order valence-corrected chi connectivity index (χ4v) is 5.50. The van der Waals surface area contributed by atoms with Crippen molar-refractivity contribution in [2.45, 2.75) is 39.2 Å². The van der Waals surface area contributed by atoms with E-state index < -0.39 is 5.60 Å². The van der Waals surface area contributed by atoms with E-state index in [9.17, 15) is 10.0 Å². The van der Waals surface area contributed by atoms with Crippen LogP contribution in [0.4, 0.5) is 10.7 Å². The van der Waals surface area contributed by atoms with E-state index in [4.69, 9.17) is 30.8 Å². The molecule has 1 aliphatic rings. The number of ether oxygens (including phenoxy) is 3. The van der Waals surface area contributed by atoms with Gasteiger partial charge in [-0.1, -0.05) is 11.6 Å². The lowest BCUT2D eigenvalue weighted by Crippen LogP contribution is -2.59. The SMILES string of the molecule is CNc1ncc2cc(-c3cc(OC)cc(OC)c3Cl)c3nnc(CCC[N+]4(O)CCN(C(=O)OC(C)(C)C)CC4)n3c2n1. The molecule has 3 aromatic heterocycles. The Bertz CT molecular complexity index is 1650. The summed E-state index contributed by atoms with van der Waals surface area (Å²) in [5.74, 6) is 2.21. The summed E-state index contributed by atoms with van der Waals surface area (Å²) in [5, 5.41) is 24.5. The normalized spacial score (nSPS) is 15.1. The zero-order valence-corrected chi connectivity index (χ0v) is 26.1. The lowest BCUT2D eigenvalue weighted by atomic mass is 10.0. The summed E-state index contributed by atoms with van der Waals surface area (Å²) in [6.07, 6.45) is 2.55. The lowest BCUT2D eigenvalue weighted by molar-refractivity contribution is -1.10. The number of rotatable bonds is 8. The summed E-state index contributed by atoms with van der Waals surface area (Å²) in [5.41, 5.74) is 2.04. The standard InChI is InChI=1S/C29H38ClN8O5/c1-29(2,3)43-28(39)36-9-12-38(40,13-10-36)11-7-8-23-34-35-26-21(20-15-19(41-5)16-22(42-6)24(20)30)14-18-17-32-27(31-4)33-25(18)37(23)26/h14-17,40H,7-13H2,1-6H3,(H,31,32,33)/q+1. The molecule has 0 radical (unpaired) electrons. The van der Waals surface area contributed by atoms with E-state index in [0.717, 1.165) is 10.9 Å². The number of benzene rings is 1. The molecule has 0 atom stereocenters. The number of methoxy groups -OCH3 is 2. The van der Waals surface area contributed by atoms with Gasteiger partial charge in [0, 0.05) is 48.7 Å². The quantitative estimate of drug-likeness (QED) is 0.274. The molecule has 1 aromatic carbocycles. The molecule has 0 bridgehead atoms. The van der Waals surface area contributed by atoms with Gasteiger partial charge in [0.2, 0.25) is 5.95 Å². The van der Waals surface area contributed by atoms with Gasteiger partial charge in [-0.05, 0) is 32.9 Å². The highest BCUT2D eigenvalue weighted by Gasteiger charge is 2.35. The number of carbonyl (C=O) groups excluding carboxylic acids is 1. The maximum Gasteiger partial charge on any atom is 0.410 e. The fraction of sp³-hybridized carbons (Fsp3) is 0.483. The molecule has 43 heavy (non-hydrogen) atoms. The van der Waals surface area contributed by atoms with Crippen LogP contribution in [0.25, 0.3) is 27.8 Å². The van der Waals surface area contributed by atoms with Crippen LogP contribution in [0.3, 0.4) is 0 Å². The van der Waals surface area contributed by atoms with Crippen LogP contribution in [0.5, 0.6) is 11.5 Å². The molecule has 0 spiro atoms. The molecule has 2 N–H and O–H groups in total. The van der Waals surface area contributed by atoms with E-state index in [0.29, 0.717) is 90.7 Å². The Morgan fingerprint density at radius 3 is 2.49 bits per heavy atom. The van der Waals surface area contributed by atoms with Crippen molar-refractivity contribution < 1.29 is 28.9 Å². The van der Waals surface area contributed by atoms with Gasteiger partial charge in [0.05, 0.1) is 32.3 Å². The van der Waals surface area contributed by atoms with Crippen LogP contribution in [-0.2, 0) is 11.2 Å². The van der Waals surface area contributed by atoms with Gasteiger partial charge in [-0.2, -0.15) is 9.63 Å². The van der Waals surface area contributed by atoms with Crippen molar-refractivity contribution in [1.29, 1.82) is 0 Å². The van der Waals surface area contributed by atoms with Crippen LogP contribution in [0.1, 0.15) is 33.0 Å². The summed E-state index contributed by atoms with van der Waals surface area (Å²) in [7, 11) is 4.89. The Morgan fingerprint density at radius 2 is 1.84 bits per heavy atom. The number of aryl methyl sites for hydroxylation is 1. The zero-order valence-electron chi connectivity index (χ0n) is 25.3. The maximum atomic E-state index is 12.5. The third-order valence-electron chi connectivity index (χ3n) is 7.46. The van der Waals surface area contributed by atoms with Gasteiger partial charge < -0.3 is 19.5 Å². The monoisotopic (exact) mass is 613 g/mol. The first-order valence-electron chi connectivity index (χ1n) is 14.2. The Labute approximate surface area is 254 Å². The molecule has 1 fully saturated rings. The Kier molecular flexibility index (Phi) is 8.50. The number of halogens is 1. The highest BCUT2D eigenvalue weighted by Crippen LogP contribution is 2.41. The van der Waals surface area contributed by atoms with Gasteiger partial charge >= 0.3 is 6.09 Å². The number of quaternary nitrogens is 1. The zero-order chi connectivity index (χ0) is 30.9. The maximum absolute atomic E-state index is 12.5. The van der Waals surface area contributed by atoms with Crippen LogP contribution in [0.15, 0.2) is 24.4 Å². The summed E-state index contributed by atoms with van der Waals surface area (Å²) in [6.45, 7) is 7.69. The second-order valence-electron chi connectivity index (χ2n) is 11.6. The van der Waals surface area contributed by atoms with E-state index >= 15 is 0 Å². The lowest BCUT2D eigenvalue weighted by Gasteiger charge is -2.38. The molecule has 1 aliphatic heterocycles. The second-order valence-corrected chi connectivity index (χ2v) is 12.0. The van der Waals surface area contributed by atoms with Crippen molar-refractivity contribution in [3.05, 3.63) is 35.2 Å².